The molecule has 0 aliphatic carbocycles. The van der Waals surface area contributed by atoms with Gasteiger partial charge in [0.25, 0.3) is 0 Å². The van der Waals surface area contributed by atoms with Gasteiger partial charge in [0.2, 0.25) is 6.79 Å². The lowest BCUT2D eigenvalue weighted by atomic mass is 10.3. The van der Waals surface area contributed by atoms with Crippen molar-refractivity contribution in [2.45, 2.75) is 0 Å². The van der Waals surface area contributed by atoms with E-state index >= 15 is 0 Å². The average molecular weight is 268 g/mol. The predicted octanol–water partition coefficient (Wildman–Crippen LogP) is 1.16. The lowest BCUT2D eigenvalue weighted by Gasteiger charge is -2.08. The molecule has 2 N–H and O–H groups in total. The van der Waals surface area contributed by atoms with E-state index < -0.39 is 0 Å². The minimum absolute atomic E-state index is 0.125. The van der Waals surface area contributed by atoms with Crippen molar-refractivity contribution in [3.63, 3.8) is 0 Å². The van der Waals surface area contributed by atoms with Crippen molar-refractivity contribution in [1.29, 1.82) is 0 Å². The van der Waals surface area contributed by atoms with Gasteiger partial charge in [0, 0.05) is 18.9 Å². The predicted molar refractivity (Wildman–Crippen MR) is 67.4 cm³/mol. The fourth-order valence-electron chi connectivity index (χ4n) is 1.48. The molecule has 0 fully saturated rings. The Morgan fingerprint density at radius 1 is 1.32 bits per heavy atom. The van der Waals surface area contributed by atoms with E-state index in [1.54, 1.807) is 25.3 Å². The van der Waals surface area contributed by atoms with E-state index in [2.05, 4.69) is 10.6 Å². The van der Waals surface area contributed by atoms with E-state index in [0.717, 1.165) is 0 Å². The molecule has 0 unspecified atom stereocenters. The Kier molecular flexibility index (Phi) is 4.82. The minimum atomic E-state index is -0.351. The number of carbonyl (C=O) groups is 1. The molecule has 1 aromatic carbocycles. The second-order valence-electron chi connectivity index (χ2n) is 3.74. The van der Waals surface area contributed by atoms with Crippen LogP contribution in [-0.4, -0.2) is 39.9 Å². The molecular formula is C12H16N2O5. The van der Waals surface area contributed by atoms with Gasteiger partial charge < -0.3 is 29.6 Å². The number of ether oxygens (including phenoxy) is 4. The molecular weight excluding hydrogens is 252 g/mol. The summed E-state index contributed by atoms with van der Waals surface area (Å²) in [4.78, 5) is 11.5. The van der Waals surface area contributed by atoms with Gasteiger partial charge in [-0.25, -0.2) is 4.79 Å². The molecule has 19 heavy (non-hydrogen) atoms. The second kappa shape index (κ2) is 6.81. The number of anilines is 1. The van der Waals surface area contributed by atoms with E-state index in [0.29, 0.717) is 30.4 Å². The second-order valence-corrected chi connectivity index (χ2v) is 3.74. The van der Waals surface area contributed by atoms with Crippen LogP contribution in [0.25, 0.3) is 0 Å². The van der Waals surface area contributed by atoms with Crippen LogP contribution in [0.4, 0.5) is 10.5 Å². The summed E-state index contributed by atoms with van der Waals surface area (Å²) in [7, 11) is 1.59. The van der Waals surface area contributed by atoms with Crippen molar-refractivity contribution in [2.24, 2.45) is 0 Å². The Balaban J connectivity index is 1.73. The molecule has 1 heterocycles. The van der Waals surface area contributed by atoms with Gasteiger partial charge in [-0.15, -0.1) is 0 Å². The van der Waals surface area contributed by atoms with Crippen molar-refractivity contribution < 1.29 is 23.7 Å². The maximum absolute atomic E-state index is 11.5. The zero-order valence-corrected chi connectivity index (χ0v) is 10.6. The third-order valence-corrected chi connectivity index (χ3v) is 2.40. The number of hydrogen-bond acceptors (Lipinski definition) is 5. The van der Waals surface area contributed by atoms with Gasteiger partial charge in [-0.2, -0.15) is 0 Å². The van der Waals surface area contributed by atoms with Crippen LogP contribution in [0.15, 0.2) is 18.2 Å². The molecule has 0 spiro atoms. The molecule has 0 bridgehead atoms. The van der Waals surface area contributed by atoms with E-state index in [1.165, 1.54) is 0 Å². The monoisotopic (exact) mass is 268 g/mol. The molecule has 1 aliphatic heterocycles. The van der Waals surface area contributed by atoms with Crippen molar-refractivity contribution in [2.75, 3.05) is 39.2 Å². The number of amides is 2. The molecule has 2 rings (SSSR count). The van der Waals surface area contributed by atoms with Gasteiger partial charge in [0.15, 0.2) is 11.5 Å². The molecule has 7 heteroatoms. The van der Waals surface area contributed by atoms with Crippen LogP contribution in [0.1, 0.15) is 0 Å². The van der Waals surface area contributed by atoms with Crippen LogP contribution >= 0.6 is 0 Å². The molecule has 0 aromatic heterocycles. The first-order valence-corrected chi connectivity index (χ1v) is 5.81. The normalized spacial score (nSPS) is 12.3. The fourth-order valence-corrected chi connectivity index (χ4v) is 1.48. The van der Waals surface area contributed by atoms with Crippen molar-refractivity contribution in [3.8, 4) is 11.5 Å². The number of carbonyl (C=O) groups excluding carboxylic acids is 1. The molecule has 2 amide bonds. The largest absolute Gasteiger partial charge is 0.454 e. The van der Waals surface area contributed by atoms with E-state index in [4.69, 9.17) is 18.9 Å². The van der Waals surface area contributed by atoms with Crippen LogP contribution < -0.4 is 20.1 Å². The zero-order valence-electron chi connectivity index (χ0n) is 10.6. The van der Waals surface area contributed by atoms with E-state index in [1.807, 2.05) is 0 Å². The Morgan fingerprint density at radius 2 is 2.16 bits per heavy atom. The molecule has 0 atom stereocenters. The fraction of sp³-hybridized carbons (Fsp3) is 0.417. The third-order valence-electron chi connectivity index (χ3n) is 2.40. The van der Waals surface area contributed by atoms with Crippen LogP contribution in [-0.2, 0) is 9.47 Å². The number of rotatable bonds is 6. The maximum atomic E-state index is 11.5. The Bertz CT molecular complexity index is 438. The summed E-state index contributed by atoms with van der Waals surface area (Å²) >= 11 is 0. The van der Waals surface area contributed by atoms with Gasteiger partial charge >= 0.3 is 6.03 Å². The number of benzene rings is 1. The summed E-state index contributed by atoms with van der Waals surface area (Å²) in [5, 5.41) is 5.22. The lowest BCUT2D eigenvalue weighted by Crippen LogP contribution is -2.31. The maximum Gasteiger partial charge on any atom is 0.321 e. The van der Waals surface area contributed by atoms with Crippen molar-refractivity contribution in [1.82, 2.24) is 5.32 Å². The van der Waals surface area contributed by atoms with Crippen molar-refractivity contribution in [3.05, 3.63) is 18.2 Å². The molecule has 7 nitrogen and oxygen atoms in total. The molecule has 0 saturated heterocycles. The van der Waals surface area contributed by atoms with Gasteiger partial charge in [-0.1, -0.05) is 0 Å². The summed E-state index contributed by atoms with van der Waals surface area (Å²) < 4.78 is 20.3. The summed E-state index contributed by atoms with van der Waals surface area (Å²) in [6.07, 6.45) is 0. The molecule has 1 aliphatic rings. The number of fused-ring (bicyclic) bond motifs is 1. The first kappa shape index (κ1) is 13.4. The zero-order chi connectivity index (χ0) is 13.5. The average Bonchev–Trinajstić information content (AvgIpc) is 2.86. The quantitative estimate of drug-likeness (QED) is 0.598. The number of methoxy groups -OCH3 is 1. The highest BCUT2D eigenvalue weighted by molar-refractivity contribution is 5.89. The minimum Gasteiger partial charge on any atom is -0.454 e. The summed E-state index contributed by atoms with van der Waals surface area (Å²) in [5.41, 5.74) is 0.624. The highest BCUT2D eigenvalue weighted by Gasteiger charge is 2.13. The van der Waals surface area contributed by atoms with E-state index in [9.17, 15) is 4.79 Å². The van der Waals surface area contributed by atoms with Gasteiger partial charge in [-0.05, 0) is 12.1 Å². The number of urea groups is 1. The van der Waals surface area contributed by atoms with Gasteiger partial charge in [-0.3, -0.25) is 0 Å². The highest BCUT2D eigenvalue weighted by Crippen LogP contribution is 2.34. The first-order chi connectivity index (χ1) is 9.29. The summed E-state index contributed by atoms with van der Waals surface area (Å²) in [5.74, 6) is 1.29. The Labute approximate surface area is 110 Å². The van der Waals surface area contributed by atoms with Crippen molar-refractivity contribution >= 4 is 11.7 Å². The van der Waals surface area contributed by atoms with Crippen LogP contribution in [0.3, 0.4) is 0 Å². The molecule has 1 aromatic rings. The smallest absolute Gasteiger partial charge is 0.321 e. The van der Waals surface area contributed by atoms with Crippen LogP contribution in [0, 0.1) is 0 Å². The van der Waals surface area contributed by atoms with Gasteiger partial charge in [0.05, 0.1) is 13.2 Å². The first-order valence-electron chi connectivity index (χ1n) is 5.81. The topological polar surface area (TPSA) is 78.1 Å². The lowest BCUT2D eigenvalue weighted by molar-refractivity contribution is 0.0650. The van der Waals surface area contributed by atoms with Gasteiger partial charge in [0.1, 0.15) is 6.73 Å². The van der Waals surface area contributed by atoms with Crippen LogP contribution in [0.5, 0.6) is 11.5 Å². The van der Waals surface area contributed by atoms with Crippen LogP contribution in [0.2, 0.25) is 0 Å². The molecule has 0 radical (unpaired) electrons. The Morgan fingerprint density at radius 3 is 3.00 bits per heavy atom. The number of nitrogens with one attached hydrogen (secondary N) is 2. The molecule has 0 saturated carbocycles. The third kappa shape index (κ3) is 4.01. The number of hydrogen-bond donors (Lipinski definition) is 2. The SMILES string of the molecule is COCCOCNC(=O)Nc1ccc2c(c1)OCO2. The van der Waals surface area contributed by atoms with E-state index in [-0.39, 0.29) is 19.6 Å². The Hall–Kier alpha value is -1.99. The highest BCUT2D eigenvalue weighted by atomic mass is 16.7. The molecule has 104 valence electrons. The summed E-state index contributed by atoms with van der Waals surface area (Å²) in [6.45, 7) is 1.25. The summed E-state index contributed by atoms with van der Waals surface area (Å²) in [6, 6.07) is 4.83. The standard InChI is InChI=1S/C12H16N2O5/c1-16-4-5-17-7-13-12(15)14-9-2-3-10-11(6-9)19-8-18-10/h2-3,6H,4-5,7-8H2,1H3,(H2,13,14,15).